The van der Waals surface area contributed by atoms with Gasteiger partial charge in [-0.25, -0.2) is 4.79 Å². The number of phenols is 1. The van der Waals surface area contributed by atoms with Crippen molar-refractivity contribution >= 4 is 16.9 Å². The second-order valence-electron chi connectivity index (χ2n) is 4.18. The number of rotatable bonds is 2. The number of fused-ring (bicyclic) bond motifs is 1. The number of hydrogen-bond acceptors (Lipinski definition) is 2. The highest BCUT2D eigenvalue weighted by atomic mass is 16.4. The van der Waals surface area contributed by atoms with Crippen molar-refractivity contribution in [3.63, 3.8) is 0 Å². The van der Waals surface area contributed by atoms with Gasteiger partial charge in [0.25, 0.3) is 0 Å². The van der Waals surface area contributed by atoms with Crippen molar-refractivity contribution in [2.24, 2.45) is 0 Å². The molecule has 0 saturated heterocycles. The van der Waals surface area contributed by atoms with Crippen LogP contribution in [-0.2, 0) is 6.54 Å². The minimum atomic E-state index is -0.931. The summed E-state index contributed by atoms with van der Waals surface area (Å²) in [6, 6.07) is 3.27. The molecule has 0 aliphatic rings. The van der Waals surface area contributed by atoms with E-state index in [0.717, 1.165) is 16.5 Å². The van der Waals surface area contributed by atoms with Crippen LogP contribution in [0, 0.1) is 13.8 Å². The van der Waals surface area contributed by atoms with Crippen LogP contribution in [0.5, 0.6) is 5.75 Å². The van der Waals surface area contributed by atoms with Gasteiger partial charge in [0.05, 0.1) is 5.52 Å². The molecule has 17 heavy (non-hydrogen) atoms. The normalized spacial score (nSPS) is 11.0. The summed E-state index contributed by atoms with van der Waals surface area (Å²) in [7, 11) is 0. The lowest BCUT2D eigenvalue weighted by molar-refractivity contribution is 0.0685. The van der Waals surface area contributed by atoms with Gasteiger partial charge >= 0.3 is 5.97 Å². The topological polar surface area (TPSA) is 62.5 Å². The highest BCUT2D eigenvalue weighted by Crippen LogP contribution is 2.31. The predicted octanol–water partition coefficient (Wildman–Crippen LogP) is 2.68. The van der Waals surface area contributed by atoms with Crippen molar-refractivity contribution in [3.05, 3.63) is 29.0 Å². The quantitative estimate of drug-likeness (QED) is 0.838. The molecular weight excluding hydrogens is 218 g/mol. The van der Waals surface area contributed by atoms with E-state index in [1.54, 1.807) is 23.6 Å². The maximum Gasteiger partial charge on any atom is 0.352 e. The Morgan fingerprint density at radius 1 is 1.35 bits per heavy atom. The third kappa shape index (κ3) is 1.56. The smallest absolute Gasteiger partial charge is 0.352 e. The maximum atomic E-state index is 11.3. The van der Waals surface area contributed by atoms with Crippen LogP contribution < -0.4 is 0 Å². The molecule has 0 aliphatic carbocycles. The fraction of sp³-hybridized carbons (Fsp3) is 0.308. The minimum absolute atomic E-state index is 0.170. The monoisotopic (exact) mass is 233 g/mol. The molecule has 0 saturated carbocycles. The number of aryl methyl sites for hydroxylation is 3. The lowest BCUT2D eigenvalue weighted by Gasteiger charge is -2.06. The average Bonchev–Trinajstić information content (AvgIpc) is 2.52. The van der Waals surface area contributed by atoms with Crippen molar-refractivity contribution < 1.29 is 15.0 Å². The molecule has 0 amide bonds. The Morgan fingerprint density at radius 2 is 2.00 bits per heavy atom. The molecular formula is C13H15NO3. The molecule has 0 unspecified atom stereocenters. The molecule has 1 aromatic heterocycles. The SMILES string of the molecule is CCn1c(C(=O)O)c(C)c2cc(O)cc(C)c21. The van der Waals surface area contributed by atoms with Crippen molar-refractivity contribution in [3.8, 4) is 5.75 Å². The Kier molecular flexibility index (Phi) is 2.58. The number of phenolic OH excluding ortho intramolecular Hbond substituents is 1. The molecule has 0 bridgehead atoms. The molecule has 0 atom stereocenters. The Labute approximate surface area is 99.1 Å². The second kappa shape index (κ2) is 3.80. The lowest BCUT2D eigenvalue weighted by Crippen LogP contribution is -2.08. The van der Waals surface area contributed by atoms with Crippen LogP contribution in [0.3, 0.4) is 0 Å². The first-order chi connectivity index (χ1) is 7.97. The third-order valence-electron chi connectivity index (χ3n) is 3.10. The van der Waals surface area contributed by atoms with Gasteiger partial charge < -0.3 is 14.8 Å². The van der Waals surface area contributed by atoms with Gasteiger partial charge in [-0.05, 0) is 44.0 Å². The molecule has 0 fully saturated rings. The first-order valence-electron chi connectivity index (χ1n) is 5.53. The van der Waals surface area contributed by atoms with Gasteiger partial charge in [-0.2, -0.15) is 0 Å². The van der Waals surface area contributed by atoms with Crippen LogP contribution in [0.2, 0.25) is 0 Å². The third-order valence-corrected chi connectivity index (χ3v) is 3.10. The van der Waals surface area contributed by atoms with Gasteiger partial charge in [0.2, 0.25) is 0 Å². The zero-order valence-corrected chi connectivity index (χ0v) is 10.1. The van der Waals surface area contributed by atoms with E-state index in [4.69, 9.17) is 0 Å². The van der Waals surface area contributed by atoms with E-state index in [0.29, 0.717) is 17.8 Å². The van der Waals surface area contributed by atoms with Crippen molar-refractivity contribution in [1.29, 1.82) is 0 Å². The van der Waals surface area contributed by atoms with Crippen LogP contribution in [0.4, 0.5) is 0 Å². The zero-order chi connectivity index (χ0) is 12.7. The van der Waals surface area contributed by atoms with Gasteiger partial charge in [0, 0.05) is 11.9 Å². The van der Waals surface area contributed by atoms with Gasteiger partial charge in [0.1, 0.15) is 11.4 Å². The summed E-state index contributed by atoms with van der Waals surface area (Å²) in [6.07, 6.45) is 0. The van der Waals surface area contributed by atoms with Crippen LogP contribution in [0.1, 0.15) is 28.5 Å². The summed E-state index contributed by atoms with van der Waals surface area (Å²) in [4.78, 5) is 11.3. The highest BCUT2D eigenvalue weighted by Gasteiger charge is 2.20. The van der Waals surface area contributed by atoms with Gasteiger partial charge in [-0.1, -0.05) is 0 Å². The Morgan fingerprint density at radius 3 is 2.53 bits per heavy atom. The summed E-state index contributed by atoms with van der Waals surface area (Å²) in [5, 5.41) is 19.7. The minimum Gasteiger partial charge on any atom is -0.508 e. The molecule has 4 nitrogen and oxygen atoms in total. The Bertz CT molecular complexity index is 611. The summed E-state index contributed by atoms with van der Waals surface area (Å²) in [6.45, 7) is 6.16. The molecule has 90 valence electrons. The summed E-state index contributed by atoms with van der Waals surface area (Å²) >= 11 is 0. The fourth-order valence-corrected chi connectivity index (χ4v) is 2.44. The first kappa shape index (κ1) is 11.5. The van der Waals surface area contributed by atoms with Crippen LogP contribution in [0.15, 0.2) is 12.1 Å². The molecule has 2 N–H and O–H groups in total. The number of aromatic hydroxyl groups is 1. The fourth-order valence-electron chi connectivity index (χ4n) is 2.44. The van der Waals surface area contributed by atoms with Gasteiger partial charge in [-0.3, -0.25) is 0 Å². The Hall–Kier alpha value is -1.97. The number of hydrogen-bond donors (Lipinski definition) is 2. The number of nitrogens with zero attached hydrogens (tertiary/aromatic N) is 1. The maximum absolute atomic E-state index is 11.3. The number of benzene rings is 1. The van der Waals surface area contributed by atoms with Gasteiger partial charge in [0.15, 0.2) is 0 Å². The predicted molar refractivity (Wildman–Crippen MR) is 65.7 cm³/mol. The number of aromatic carboxylic acids is 1. The molecule has 2 aromatic rings. The lowest BCUT2D eigenvalue weighted by atomic mass is 10.1. The number of aromatic nitrogens is 1. The number of carboxylic acid groups (broad SMARTS) is 1. The molecule has 1 heterocycles. The molecule has 0 radical (unpaired) electrons. The van der Waals surface area contributed by atoms with Gasteiger partial charge in [-0.15, -0.1) is 0 Å². The van der Waals surface area contributed by atoms with Crippen molar-refractivity contribution in [2.75, 3.05) is 0 Å². The first-order valence-corrected chi connectivity index (χ1v) is 5.53. The second-order valence-corrected chi connectivity index (χ2v) is 4.18. The number of carbonyl (C=O) groups is 1. The van der Waals surface area contributed by atoms with Crippen LogP contribution >= 0.6 is 0 Å². The molecule has 0 spiro atoms. The van der Waals surface area contributed by atoms with Crippen molar-refractivity contribution in [2.45, 2.75) is 27.3 Å². The van der Waals surface area contributed by atoms with E-state index in [9.17, 15) is 15.0 Å². The standard InChI is InChI=1S/C13H15NO3/c1-4-14-11-7(2)5-9(15)6-10(11)8(3)12(14)13(16)17/h5-6,15H,4H2,1-3H3,(H,16,17). The largest absolute Gasteiger partial charge is 0.508 e. The summed E-state index contributed by atoms with van der Waals surface area (Å²) in [5.74, 6) is -0.761. The van der Waals surface area contributed by atoms with Crippen LogP contribution in [-0.4, -0.2) is 20.7 Å². The Balaban J connectivity index is 2.99. The van der Waals surface area contributed by atoms with E-state index in [-0.39, 0.29) is 5.75 Å². The van der Waals surface area contributed by atoms with Crippen LogP contribution in [0.25, 0.3) is 10.9 Å². The number of carboxylic acids is 1. The highest BCUT2D eigenvalue weighted by molar-refractivity contribution is 5.99. The zero-order valence-electron chi connectivity index (χ0n) is 10.1. The van der Waals surface area contributed by atoms with E-state index in [2.05, 4.69) is 0 Å². The van der Waals surface area contributed by atoms with E-state index < -0.39 is 5.97 Å². The molecule has 0 aliphatic heterocycles. The average molecular weight is 233 g/mol. The summed E-state index contributed by atoms with van der Waals surface area (Å²) < 4.78 is 1.78. The molecule has 2 rings (SSSR count). The van der Waals surface area contributed by atoms with E-state index in [1.807, 2.05) is 13.8 Å². The van der Waals surface area contributed by atoms with Crippen molar-refractivity contribution in [1.82, 2.24) is 4.57 Å². The van der Waals surface area contributed by atoms with E-state index in [1.165, 1.54) is 0 Å². The summed E-state index contributed by atoms with van der Waals surface area (Å²) in [5.41, 5.74) is 2.78. The molecule has 1 aromatic carbocycles. The molecule has 4 heteroatoms. The van der Waals surface area contributed by atoms with E-state index >= 15 is 0 Å².